The first-order valence-corrected chi connectivity index (χ1v) is 8.72. The highest BCUT2D eigenvalue weighted by Gasteiger charge is 2.08. The molecule has 1 aromatic carbocycles. The number of likely N-dealkylation sites (N-methyl/N-ethyl adjacent to an activating group) is 1. The minimum atomic E-state index is -0.496. The highest BCUT2D eigenvalue weighted by Crippen LogP contribution is 2.16. The molecule has 1 aromatic rings. The minimum Gasteiger partial charge on any atom is -0.306 e. The van der Waals surface area contributed by atoms with Crippen LogP contribution in [0.15, 0.2) is 65.3 Å². The Balaban J connectivity index is 2.35. The van der Waals surface area contributed by atoms with Gasteiger partial charge in [-0.1, -0.05) is 53.2 Å². The number of nitrogens with zero attached hydrogens (tertiary/aromatic N) is 2. The molecule has 130 valence electrons. The molecule has 0 aliphatic heterocycles. The molecule has 1 rings (SSSR count). The van der Waals surface area contributed by atoms with Gasteiger partial charge in [-0.25, -0.2) is 0 Å². The molecule has 5 heteroatoms. The highest BCUT2D eigenvalue weighted by atomic mass is 79.9. The van der Waals surface area contributed by atoms with Crippen LogP contribution < -0.4 is 0 Å². The zero-order valence-electron chi connectivity index (χ0n) is 14.4. The Bertz CT molecular complexity index is 626. The van der Waals surface area contributed by atoms with Crippen molar-refractivity contribution in [3.05, 3.63) is 81.0 Å². The normalized spacial score (nSPS) is 12.5. The molecule has 1 unspecified atom stereocenters. The zero-order valence-corrected chi connectivity index (χ0v) is 16.0. The summed E-state index contributed by atoms with van der Waals surface area (Å²) in [6.07, 6.45) is 5.07. The van der Waals surface area contributed by atoms with E-state index in [1.807, 2.05) is 6.07 Å². The maximum atomic E-state index is 10.5. The largest absolute Gasteiger partial charge is 0.306 e. The molecule has 0 radical (unpaired) electrons. The van der Waals surface area contributed by atoms with Crippen LogP contribution in [0.2, 0.25) is 0 Å². The topological polar surface area (TPSA) is 46.4 Å². The van der Waals surface area contributed by atoms with E-state index in [9.17, 15) is 10.1 Å². The van der Waals surface area contributed by atoms with E-state index in [0.717, 1.165) is 36.0 Å². The van der Waals surface area contributed by atoms with Gasteiger partial charge in [-0.3, -0.25) is 10.1 Å². The third kappa shape index (κ3) is 7.70. The molecule has 1 atom stereocenters. The number of rotatable bonds is 10. The lowest BCUT2D eigenvalue weighted by Crippen LogP contribution is -2.24. The van der Waals surface area contributed by atoms with E-state index in [0.29, 0.717) is 0 Å². The molecule has 4 nitrogen and oxygen atoms in total. The maximum absolute atomic E-state index is 10.5. The van der Waals surface area contributed by atoms with Crippen molar-refractivity contribution in [2.24, 2.45) is 5.92 Å². The molecule has 0 heterocycles. The molecule has 0 aromatic heterocycles. The number of nitro groups is 1. The lowest BCUT2D eigenvalue weighted by Gasteiger charge is -2.19. The van der Waals surface area contributed by atoms with Gasteiger partial charge in [0.15, 0.2) is 0 Å². The average Bonchev–Trinajstić information content (AvgIpc) is 2.55. The summed E-state index contributed by atoms with van der Waals surface area (Å²) in [5.41, 5.74) is 2.09. The molecular weight excluding hydrogens is 368 g/mol. The molecule has 24 heavy (non-hydrogen) atoms. The molecule has 0 spiro atoms. The van der Waals surface area contributed by atoms with Crippen molar-refractivity contribution in [2.45, 2.75) is 19.8 Å². The standard InChI is InChI=1S/C19H25BrN2O2/c1-15(8-9-17(3)22(23)24)16(2)10-12-21(4)13-11-18-6-5-7-19(20)14-18/h5-9,14,16H,1,3,10-13H2,2,4H3/b9-8-. The fourth-order valence-corrected chi connectivity index (χ4v) is 2.60. The van der Waals surface area contributed by atoms with E-state index in [4.69, 9.17) is 0 Å². The minimum absolute atomic E-state index is 0.116. The second-order valence-electron chi connectivity index (χ2n) is 6.03. The Morgan fingerprint density at radius 2 is 2.08 bits per heavy atom. The summed E-state index contributed by atoms with van der Waals surface area (Å²) < 4.78 is 1.11. The van der Waals surface area contributed by atoms with Crippen molar-refractivity contribution in [3.63, 3.8) is 0 Å². The second kappa shape index (κ2) is 10.2. The van der Waals surface area contributed by atoms with Crippen molar-refractivity contribution in [2.75, 3.05) is 20.1 Å². The summed E-state index contributed by atoms with van der Waals surface area (Å²) in [7, 11) is 2.11. The maximum Gasteiger partial charge on any atom is 0.262 e. The first-order chi connectivity index (χ1) is 11.3. The van der Waals surface area contributed by atoms with Crippen LogP contribution in [0.3, 0.4) is 0 Å². The summed E-state index contributed by atoms with van der Waals surface area (Å²) in [5.74, 6) is 0.272. The van der Waals surface area contributed by atoms with Gasteiger partial charge in [0.05, 0.1) is 4.92 Å². The van der Waals surface area contributed by atoms with Crippen molar-refractivity contribution in [1.82, 2.24) is 4.90 Å². The number of hydrogen-bond acceptors (Lipinski definition) is 3. The van der Waals surface area contributed by atoms with E-state index < -0.39 is 4.92 Å². The Morgan fingerprint density at radius 1 is 1.38 bits per heavy atom. The van der Waals surface area contributed by atoms with E-state index in [2.05, 4.69) is 66.2 Å². The molecule has 0 fully saturated rings. The fourth-order valence-electron chi connectivity index (χ4n) is 2.15. The molecule has 0 N–H and O–H groups in total. The van der Waals surface area contributed by atoms with E-state index in [1.54, 1.807) is 6.08 Å². The Hall–Kier alpha value is -1.72. The molecule has 0 bridgehead atoms. The van der Waals surface area contributed by atoms with E-state index in [-0.39, 0.29) is 11.6 Å². The first kappa shape index (κ1) is 20.3. The number of halogens is 1. The van der Waals surface area contributed by atoms with Gasteiger partial charge in [-0.2, -0.15) is 0 Å². The van der Waals surface area contributed by atoms with Gasteiger partial charge in [0, 0.05) is 17.1 Å². The van der Waals surface area contributed by atoms with Crippen LogP contribution in [0.5, 0.6) is 0 Å². The van der Waals surface area contributed by atoms with Gasteiger partial charge in [0.25, 0.3) is 5.70 Å². The van der Waals surface area contributed by atoms with Crippen molar-refractivity contribution >= 4 is 15.9 Å². The number of benzene rings is 1. The van der Waals surface area contributed by atoms with Crippen LogP contribution in [0.25, 0.3) is 0 Å². The summed E-state index contributed by atoms with van der Waals surface area (Å²) in [6.45, 7) is 11.4. The molecular formula is C19H25BrN2O2. The van der Waals surface area contributed by atoms with Crippen LogP contribution in [-0.4, -0.2) is 30.0 Å². The predicted octanol–water partition coefficient (Wildman–Crippen LogP) is 4.85. The Kier molecular flexibility index (Phi) is 8.65. The monoisotopic (exact) mass is 392 g/mol. The van der Waals surface area contributed by atoms with Crippen LogP contribution in [0, 0.1) is 16.0 Å². The molecule has 0 aliphatic rings. The quantitative estimate of drug-likeness (QED) is 0.324. The van der Waals surface area contributed by atoms with Gasteiger partial charge in [0.2, 0.25) is 0 Å². The van der Waals surface area contributed by atoms with Gasteiger partial charge in [0.1, 0.15) is 0 Å². The van der Waals surface area contributed by atoms with Crippen molar-refractivity contribution in [3.8, 4) is 0 Å². The summed E-state index contributed by atoms with van der Waals surface area (Å²) in [6, 6.07) is 8.36. The van der Waals surface area contributed by atoms with Gasteiger partial charge < -0.3 is 4.90 Å². The zero-order chi connectivity index (χ0) is 18.1. The van der Waals surface area contributed by atoms with Crippen LogP contribution in [-0.2, 0) is 6.42 Å². The third-order valence-corrected chi connectivity index (χ3v) is 4.47. The Morgan fingerprint density at radius 3 is 2.71 bits per heavy atom. The SMILES string of the molecule is C=C(/C=C\C(=C)[N+](=O)[O-])C(C)CCN(C)CCc1cccc(Br)c1. The smallest absolute Gasteiger partial charge is 0.262 e. The fraction of sp³-hybridized carbons (Fsp3) is 0.368. The summed E-state index contributed by atoms with van der Waals surface area (Å²) in [4.78, 5) is 12.3. The van der Waals surface area contributed by atoms with Crippen LogP contribution >= 0.6 is 15.9 Å². The molecule has 0 aliphatic carbocycles. The summed E-state index contributed by atoms with van der Waals surface area (Å²) in [5, 5.41) is 10.5. The predicted molar refractivity (Wildman–Crippen MR) is 104 cm³/mol. The number of hydrogen-bond donors (Lipinski definition) is 0. The molecule has 0 saturated heterocycles. The third-order valence-electron chi connectivity index (χ3n) is 3.97. The first-order valence-electron chi connectivity index (χ1n) is 7.92. The van der Waals surface area contributed by atoms with E-state index >= 15 is 0 Å². The van der Waals surface area contributed by atoms with Gasteiger partial charge >= 0.3 is 0 Å². The summed E-state index contributed by atoms with van der Waals surface area (Å²) >= 11 is 3.49. The lowest BCUT2D eigenvalue weighted by atomic mass is 9.98. The molecule has 0 amide bonds. The second-order valence-corrected chi connectivity index (χ2v) is 6.95. The van der Waals surface area contributed by atoms with E-state index in [1.165, 1.54) is 11.6 Å². The Labute approximate surface area is 152 Å². The van der Waals surface area contributed by atoms with Gasteiger partial charge in [-0.05, 0) is 56.6 Å². The van der Waals surface area contributed by atoms with Crippen molar-refractivity contribution in [1.29, 1.82) is 0 Å². The highest BCUT2D eigenvalue weighted by molar-refractivity contribution is 9.10. The van der Waals surface area contributed by atoms with Crippen molar-refractivity contribution < 1.29 is 4.92 Å². The lowest BCUT2D eigenvalue weighted by molar-refractivity contribution is -0.418. The van der Waals surface area contributed by atoms with Crippen LogP contribution in [0.1, 0.15) is 18.9 Å². The molecule has 0 saturated carbocycles. The number of allylic oxidation sites excluding steroid dienone is 3. The average molecular weight is 393 g/mol. The van der Waals surface area contributed by atoms with Crippen LogP contribution in [0.4, 0.5) is 0 Å². The van der Waals surface area contributed by atoms with Gasteiger partial charge in [-0.15, -0.1) is 0 Å².